The zero-order valence-electron chi connectivity index (χ0n) is 12.2. The number of nitrogens with zero attached hydrogens (tertiary/aromatic N) is 1. The molecule has 3 nitrogen and oxygen atoms in total. The zero-order chi connectivity index (χ0) is 14.7. The Morgan fingerprint density at radius 1 is 1.10 bits per heavy atom. The van der Waals surface area contributed by atoms with E-state index in [4.69, 9.17) is 4.74 Å². The molecule has 1 atom stereocenters. The van der Waals surface area contributed by atoms with Gasteiger partial charge in [-0.3, -0.25) is 4.79 Å². The van der Waals surface area contributed by atoms with Crippen molar-refractivity contribution in [2.75, 3.05) is 20.2 Å². The molecule has 1 heterocycles. The summed E-state index contributed by atoms with van der Waals surface area (Å²) in [4.78, 5) is 14.5. The molecule has 21 heavy (non-hydrogen) atoms. The summed E-state index contributed by atoms with van der Waals surface area (Å²) in [5.74, 6) is 1.33. The highest BCUT2D eigenvalue weighted by Gasteiger charge is 2.27. The molecule has 1 amide bonds. The number of amides is 1. The summed E-state index contributed by atoms with van der Waals surface area (Å²) in [5, 5.41) is 0. The Bertz CT molecular complexity index is 607. The number of ether oxygens (including phenoxy) is 1. The van der Waals surface area contributed by atoms with Gasteiger partial charge in [-0.15, -0.1) is 0 Å². The third-order valence-corrected chi connectivity index (χ3v) is 4.08. The van der Waals surface area contributed by atoms with Gasteiger partial charge in [0.15, 0.2) is 0 Å². The Morgan fingerprint density at radius 2 is 1.81 bits per heavy atom. The van der Waals surface area contributed by atoms with Crippen LogP contribution in [0.15, 0.2) is 54.6 Å². The molecule has 108 valence electrons. The van der Waals surface area contributed by atoms with Crippen LogP contribution in [0.25, 0.3) is 0 Å². The van der Waals surface area contributed by atoms with E-state index in [2.05, 4.69) is 24.3 Å². The van der Waals surface area contributed by atoms with Crippen LogP contribution in [0, 0.1) is 0 Å². The summed E-state index contributed by atoms with van der Waals surface area (Å²) < 4.78 is 5.12. The molecule has 3 heteroatoms. The van der Waals surface area contributed by atoms with Crippen LogP contribution in [0.3, 0.4) is 0 Å². The number of methoxy groups -OCH3 is 1. The maximum absolute atomic E-state index is 12.5. The fourth-order valence-electron chi connectivity index (χ4n) is 2.86. The summed E-state index contributed by atoms with van der Waals surface area (Å²) in [6.45, 7) is 1.62. The van der Waals surface area contributed by atoms with Crippen LogP contribution in [-0.2, 0) is 0 Å². The number of carbonyl (C=O) groups excluding carboxylic acids is 1. The quantitative estimate of drug-likeness (QED) is 0.863. The van der Waals surface area contributed by atoms with E-state index in [0.29, 0.717) is 5.92 Å². The lowest BCUT2D eigenvalue weighted by Crippen LogP contribution is -2.28. The lowest BCUT2D eigenvalue weighted by molar-refractivity contribution is 0.0791. The molecule has 2 aromatic carbocycles. The van der Waals surface area contributed by atoms with Gasteiger partial charge < -0.3 is 9.64 Å². The van der Waals surface area contributed by atoms with Crippen LogP contribution in [0.4, 0.5) is 0 Å². The largest absolute Gasteiger partial charge is 0.497 e. The summed E-state index contributed by atoms with van der Waals surface area (Å²) in [6, 6.07) is 17.8. The Balaban J connectivity index is 1.69. The first-order valence-electron chi connectivity index (χ1n) is 7.26. The van der Waals surface area contributed by atoms with Gasteiger partial charge in [-0.05, 0) is 36.2 Å². The molecule has 0 bridgehead atoms. The molecule has 0 saturated carbocycles. The SMILES string of the molecule is COc1ccc(C(=O)N2CC[C@H](c3ccccc3)C2)cc1. The van der Waals surface area contributed by atoms with E-state index in [-0.39, 0.29) is 5.91 Å². The van der Waals surface area contributed by atoms with Crippen molar-refractivity contribution in [2.45, 2.75) is 12.3 Å². The molecule has 2 aromatic rings. The van der Waals surface area contributed by atoms with Crippen LogP contribution in [0.5, 0.6) is 5.75 Å². The average molecular weight is 281 g/mol. The minimum atomic E-state index is 0.107. The van der Waals surface area contributed by atoms with E-state index in [1.54, 1.807) is 7.11 Å². The summed E-state index contributed by atoms with van der Waals surface area (Å²) in [7, 11) is 1.63. The van der Waals surface area contributed by atoms with Crippen LogP contribution >= 0.6 is 0 Å². The van der Waals surface area contributed by atoms with Crippen molar-refractivity contribution in [2.24, 2.45) is 0 Å². The van der Waals surface area contributed by atoms with Gasteiger partial charge in [0.05, 0.1) is 7.11 Å². The summed E-state index contributed by atoms with van der Waals surface area (Å²) in [5.41, 5.74) is 2.05. The number of benzene rings is 2. The number of carbonyl (C=O) groups is 1. The predicted molar refractivity (Wildman–Crippen MR) is 82.7 cm³/mol. The number of rotatable bonds is 3. The minimum absolute atomic E-state index is 0.107. The second kappa shape index (κ2) is 6.00. The number of likely N-dealkylation sites (tertiary alicyclic amines) is 1. The second-order valence-corrected chi connectivity index (χ2v) is 5.38. The zero-order valence-corrected chi connectivity index (χ0v) is 12.2. The normalized spacial score (nSPS) is 17.8. The average Bonchev–Trinajstić information content (AvgIpc) is 3.05. The molecular formula is C18H19NO2. The van der Waals surface area contributed by atoms with Crippen molar-refractivity contribution < 1.29 is 9.53 Å². The minimum Gasteiger partial charge on any atom is -0.497 e. The standard InChI is InChI=1S/C18H19NO2/c1-21-17-9-7-15(8-10-17)18(20)19-12-11-16(13-19)14-5-3-2-4-6-14/h2-10,16H,11-13H2,1H3/t16-/m0/s1. The van der Waals surface area contributed by atoms with Crippen molar-refractivity contribution in [1.82, 2.24) is 4.90 Å². The van der Waals surface area contributed by atoms with E-state index in [1.165, 1.54) is 5.56 Å². The Labute approximate surface area is 125 Å². The lowest BCUT2D eigenvalue weighted by Gasteiger charge is -2.17. The highest BCUT2D eigenvalue weighted by molar-refractivity contribution is 5.94. The van der Waals surface area contributed by atoms with E-state index in [9.17, 15) is 4.79 Å². The molecule has 0 aliphatic carbocycles. The third-order valence-electron chi connectivity index (χ3n) is 4.08. The van der Waals surface area contributed by atoms with Gasteiger partial charge in [0.2, 0.25) is 0 Å². The molecule has 0 N–H and O–H groups in total. The molecular weight excluding hydrogens is 262 g/mol. The lowest BCUT2D eigenvalue weighted by atomic mass is 9.99. The Morgan fingerprint density at radius 3 is 2.48 bits per heavy atom. The molecule has 1 fully saturated rings. The van der Waals surface area contributed by atoms with Crippen molar-refractivity contribution in [3.05, 3.63) is 65.7 Å². The maximum Gasteiger partial charge on any atom is 0.253 e. The molecule has 0 aromatic heterocycles. The van der Waals surface area contributed by atoms with Gasteiger partial charge in [0.1, 0.15) is 5.75 Å². The Kier molecular flexibility index (Phi) is 3.91. The summed E-state index contributed by atoms with van der Waals surface area (Å²) >= 11 is 0. The van der Waals surface area contributed by atoms with Gasteiger partial charge in [-0.2, -0.15) is 0 Å². The van der Waals surface area contributed by atoms with Crippen LogP contribution in [0.1, 0.15) is 28.3 Å². The fraction of sp³-hybridized carbons (Fsp3) is 0.278. The van der Waals surface area contributed by atoms with Crippen molar-refractivity contribution in [3.63, 3.8) is 0 Å². The molecule has 0 spiro atoms. The van der Waals surface area contributed by atoms with E-state index >= 15 is 0 Å². The predicted octanol–water partition coefficient (Wildman–Crippen LogP) is 3.32. The van der Waals surface area contributed by atoms with Crippen molar-refractivity contribution in [1.29, 1.82) is 0 Å². The van der Waals surface area contributed by atoms with Gasteiger partial charge in [0, 0.05) is 24.6 Å². The molecule has 0 unspecified atom stereocenters. The first-order valence-corrected chi connectivity index (χ1v) is 7.26. The molecule has 1 aliphatic heterocycles. The first-order chi connectivity index (χ1) is 10.3. The van der Waals surface area contributed by atoms with Gasteiger partial charge in [-0.1, -0.05) is 30.3 Å². The van der Waals surface area contributed by atoms with Crippen LogP contribution in [-0.4, -0.2) is 31.0 Å². The van der Waals surface area contributed by atoms with E-state index in [1.807, 2.05) is 35.2 Å². The molecule has 3 rings (SSSR count). The second-order valence-electron chi connectivity index (χ2n) is 5.38. The smallest absolute Gasteiger partial charge is 0.253 e. The first kappa shape index (κ1) is 13.7. The molecule has 1 saturated heterocycles. The van der Waals surface area contributed by atoms with Gasteiger partial charge in [-0.25, -0.2) is 0 Å². The van der Waals surface area contributed by atoms with Crippen molar-refractivity contribution in [3.8, 4) is 5.75 Å². The molecule has 0 radical (unpaired) electrons. The topological polar surface area (TPSA) is 29.5 Å². The monoisotopic (exact) mass is 281 g/mol. The third kappa shape index (κ3) is 2.92. The van der Waals surface area contributed by atoms with E-state index < -0.39 is 0 Å². The number of hydrogen-bond donors (Lipinski definition) is 0. The van der Waals surface area contributed by atoms with Crippen LogP contribution < -0.4 is 4.74 Å². The van der Waals surface area contributed by atoms with Crippen molar-refractivity contribution >= 4 is 5.91 Å². The summed E-state index contributed by atoms with van der Waals surface area (Å²) in [6.07, 6.45) is 1.03. The molecule has 1 aliphatic rings. The number of hydrogen-bond acceptors (Lipinski definition) is 2. The van der Waals surface area contributed by atoms with Gasteiger partial charge >= 0.3 is 0 Å². The fourth-order valence-corrected chi connectivity index (χ4v) is 2.86. The van der Waals surface area contributed by atoms with Crippen LogP contribution in [0.2, 0.25) is 0 Å². The maximum atomic E-state index is 12.5. The van der Waals surface area contributed by atoms with Gasteiger partial charge in [0.25, 0.3) is 5.91 Å². The van der Waals surface area contributed by atoms with E-state index in [0.717, 1.165) is 30.8 Å². The highest BCUT2D eigenvalue weighted by atomic mass is 16.5. The highest BCUT2D eigenvalue weighted by Crippen LogP contribution is 2.28. The Hall–Kier alpha value is -2.29.